The summed E-state index contributed by atoms with van der Waals surface area (Å²) in [5, 5.41) is 2.02. The Morgan fingerprint density at radius 2 is 1.81 bits per heavy atom. The van der Waals surface area contributed by atoms with Crippen LogP contribution in [0.25, 0.3) is 11.8 Å². The maximum atomic E-state index is 13.0. The number of carbonyl (C=O) groups is 3. The van der Waals surface area contributed by atoms with Crippen LogP contribution >= 0.6 is 11.8 Å². The lowest BCUT2D eigenvalue weighted by molar-refractivity contribution is -0.127. The summed E-state index contributed by atoms with van der Waals surface area (Å²) in [7, 11) is 1.60. The van der Waals surface area contributed by atoms with Crippen molar-refractivity contribution in [1.29, 1.82) is 0 Å². The number of halogens is 1. The smallest absolute Gasteiger partial charge is 0.294 e. The Hall–Kier alpha value is -3.85. The minimum Gasteiger partial charge on any atom is -0.497 e. The molecule has 0 aliphatic carbocycles. The summed E-state index contributed by atoms with van der Waals surface area (Å²) in [5.41, 5.74) is 2.02. The van der Waals surface area contributed by atoms with Gasteiger partial charge in [-0.05, 0) is 78.0 Å². The third-order valence-electron chi connectivity index (χ3n) is 4.69. The van der Waals surface area contributed by atoms with E-state index in [0.29, 0.717) is 5.69 Å². The number of amides is 3. The lowest BCUT2D eigenvalue weighted by atomic mass is 10.3. The zero-order chi connectivity index (χ0) is 22.7. The third kappa shape index (κ3) is 4.73. The van der Waals surface area contributed by atoms with Gasteiger partial charge in [0.25, 0.3) is 11.1 Å². The number of nitrogens with one attached hydrogen (secondary N) is 1. The zero-order valence-electron chi connectivity index (χ0n) is 16.9. The van der Waals surface area contributed by atoms with Gasteiger partial charge in [-0.15, -0.1) is 0 Å². The van der Waals surface area contributed by atoms with E-state index in [0.717, 1.165) is 33.7 Å². The first-order valence-electron chi connectivity index (χ1n) is 9.56. The molecule has 1 fully saturated rings. The first-order chi connectivity index (χ1) is 15.4. The highest BCUT2D eigenvalue weighted by Gasteiger charge is 2.36. The zero-order valence-corrected chi connectivity index (χ0v) is 17.8. The molecule has 1 aliphatic rings. The highest BCUT2D eigenvalue weighted by molar-refractivity contribution is 8.18. The predicted octanol–water partition coefficient (Wildman–Crippen LogP) is 4.30. The molecule has 3 aromatic rings. The van der Waals surface area contributed by atoms with E-state index in [1.165, 1.54) is 24.3 Å². The van der Waals surface area contributed by atoms with Crippen LogP contribution in [-0.4, -0.2) is 40.2 Å². The molecular formula is C23H18FN3O4S. The summed E-state index contributed by atoms with van der Waals surface area (Å²) in [6, 6.07) is 14.5. The van der Waals surface area contributed by atoms with Gasteiger partial charge in [0.2, 0.25) is 5.91 Å². The molecule has 0 radical (unpaired) electrons. The maximum absolute atomic E-state index is 13.0. The molecule has 0 saturated carbocycles. The molecule has 1 aliphatic heterocycles. The van der Waals surface area contributed by atoms with Gasteiger partial charge in [0.1, 0.15) is 18.1 Å². The standard InChI is InChI=1S/C23H18FN3O4S/c1-31-19-8-6-18(7-9-19)26-11-10-15(13-26)12-20-22(29)27(23(30)32-20)14-21(28)25-17-4-2-16(24)3-5-17/h2-13H,14H2,1H3,(H,25,28)/b20-12+. The number of benzene rings is 2. The quantitative estimate of drug-likeness (QED) is 0.565. The minimum atomic E-state index is -0.550. The molecule has 3 amide bonds. The average Bonchev–Trinajstić information content (AvgIpc) is 3.36. The van der Waals surface area contributed by atoms with Gasteiger partial charge in [0.15, 0.2) is 0 Å². The van der Waals surface area contributed by atoms with E-state index in [9.17, 15) is 18.8 Å². The molecule has 7 nitrogen and oxygen atoms in total. The van der Waals surface area contributed by atoms with Crippen LogP contribution < -0.4 is 10.1 Å². The van der Waals surface area contributed by atoms with Crippen LogP contribution in [0.5, 0.6) is 5.75 Å². The molecule has 2 heterocycles. The largest absolute Gasteiger partial charge is 0.497 e. The Balaban J connectivity index is 1.43. The molecule has 9 heteroatoms. The van der Waals surface area contributed by atoms with E-state index in [-0.39, 0.29) is 4.91 Å². The molecule has 4 rings (SSSR count). The lowest BCUT2D eigenvalue weighted by Gasteiger charge is -2.12. The van der Waals surface area contributed by atoms with Gasteiger partial charge >= 0.3 is 0 Å². The van der Waals surface area contributed by atoms with Crippen LogP contribution in [0.3, 0.4) is 0 Å². The molecular weight excluding hydrogens is 433 g/mol. The van der Waals surface area contributed by atoms with Crippen molar-refractivity contribution >= 4 is 40.6 Å². The summed E-state index contributed by atoms with van der Waals surface area (Å²) in [4.78, 5) is 38.3. The van der Waals surface area contributed by atoms with E-state index in [2.05, 4.69) is 5.32 Å². The molecule has 1 N–H and O–H groups in total. The number of anilines is 1. The predicted molar refractivity (Wildman–Crippen MR) is 120 cm³/mol. The van der Waals surface area contributed by atoms with Crippen LogP contribution in [0.1, 0.15) is 5.56 Å². The number of hydrogen-bond donors (Lipinski definition) is 1. The van der Waals surface area contributed by atoms with Gasteiger partial charge in [0.05, 0.1) is 12.0 Å². The number of thioether (sulfide) groups is 1. The summed E-state index contributed by atoms with van der Waals surface area (Å²) >= 11 is 0.780. The number of hydrogen-bond acceptors (Lipinski definition) is 5. The fourth-order valence-corrected chi connectivity index (χ4v) is 3.92. The number of nitrogens with zero attached hydrogens (tertiary/aromatic N) is 2. The van der Waals surface area contributed by atoms with Crippen LogP contribution in [-0.2, 0) is 9.59 Å². The normalized spacial score (nSPS) is 14.8. The van der Waals surface area contributed by atoms with Crippen LogP contribution in [0.4, 0.5) is 14.9 Å². The molecule has 1 saturated heterocycles. The number of carbonyl (C=O) groups excluding carboxylic acids is 3. The van der Waals surface area contributed by atoms with Crippen LogP contribution in [0.15, 0.2) is 71.9 Å². The number of imide groups is 1. The first kappa shape index (κ1) is 21.4. The maximum Gasteiger partial charge on any atom is 0.294 e. The van der Waals surface area contributed by atoms with Crippen molar-refractivity contribution < 1.29 is 23.5 Å². The molecule has 0 bridgehead atoms. The topological polar surface area (TPSA) is 80.6 Å². The lowest BCUT2D eigenvalue weighted by Crippen LogP contribution is -2.36. The number of ether oxygens (including phenoxy) is 1. The van der Waals surface area contributed by atoms with Crippen molar-refractivity contribution in [3.63, 3.8) is 0 Å². The molecule has 0 spiro atoms. The second kappa shape index (κ2) is 9.11. The minimum absolute atomic E-state index is 0.233. The van der Waals surface area contributed by atoms with Crippen molar-refractivity contribution in [1.82, 2.24) is 9.47 Å². The van der Waals surface area contributed by atoms with Crippen molar-refractivity contribution in [3.05, 3.63) is 83.3 Å². The highest BCUT2D eigenvalue weighted by atomic mass is 32.2. The average molecular weight is 451 g/mol. The van der Waals surface area contributed by atoms with E-state index >= 15 is 0 Å². The van der Waals surface area contributed by atoms with Gasteiger partial charge in [-0.25, -0.2) is 4.39 Å². The summed E-state index contributed by atoms with van der Waals surface area (Å²) in [6.07, 6.45) is 5.29. The number of aromatic nitrogens is 1. The Morgan fingerprint density at radius 3 is 2.50 bits per heavy atom. The number of rotatable bonds is 6. The number of methoxy groups -OCH3 is 1. The van der Waals surface area contributed by atoms with E-state index < -0.39 is 29.4 Å². The third-order valence-corrected chi connectivity index (χ3v) is 5.59. The SMILES string of the molecule is COc1ccc(-n2ccc(/C=C3/SC(=O)N(CC(=O)Nc4ccc(F)cc4)C3=O)c2)cc1. The molecule has 162 valence electrons. The second-order valence-corrected chi connectivity index (χ2v) is 7.87. The monoisotopic (exact) mass is 451 g/mol. The van der Waals surface area contributed by atoms with Gasteiger partial charge in [-0.2, -0.15) is 0 Å². The van der Waals surface area contributed by atoms with Crippen molar-refractivity contribution in [3.8, 4) is 11.4 Å². The summed E-state index contributed by atoms with van der Waals surface area (Å²) < 4.78 is 20.0. The van der Waals surface area contributed by atoms with Gasteiger partial charge in [0, 0.05) is 23.8 Å². The highest BCUT2D eigenvalue weighted by Crippen LogP contribution is 2.32. The Kier molecular flexibility index (Phi) is 6.09. The summed E-state index contributed by atoms with van der Waals surface area (Å²) in [5.74, 6) is -0.768. The second-order valence-electron chi connectivity index (χ2n) is 6.87. The Bertz CT molecular complexity index is 1200. The van der Waals surface area contributed by atoms with Crippen molar-refractivity contribution in [2.75, 3.05) is 19.0 Å². The van der Waals surface area contributed by atoms with Crippen LogP contribution in [0.2, 0.25) is 0 Å². The molecule has 0 atom stereocenters. The van der Waals surface area contributed by atoms with Crippen LogP contribution in [0, 0.1) is 5.82 Å². The van der Waals surface area contributed by atoms with Gasteiger partial charge < -0.3 is 14.6 Å². The van der Waals surface area contributed by atoms with Crippen molar-refractivity contribution in [2.45, 2.75) is 0 Å². The molecule has 32 heavy (non-hydrogen) atoms. The molecule has 1 aromatic heterocycles. The fraction of sp³-hybridized carbons (Fsp3) is 0.0870. The molecule has 0 unspecified atom stereocenters. The molecule has 2 aromatic carbocycles. The fourth-order valence-electron chi connectivity index (χ4n) is 3.08. The van der Waals surface area contributed by atoms with Gasteiger partial charge in [-0.1, -0.05) is 0 Å². The van der Waals surface area contributed by atoms with Gasteiger partial charge in [-0.3, -0.25) is 19.3 Å². The first-order valence-corrected chi connectivity index (χ1v) is 10.4. The Labute approximate surface area is 187 Å². The van der Waals surface area contributed by atoms with E-state index in [1.807, 2.05) is 47.3 Å². The van der Waals surface area contributed by atoms with Crippen molar-refractivity contribution in [2.24, 2.45) is 0 Å². The summed E-state index contributed by atoms with van der Waals surface area (Å²) in [6.45, 7) is -0.424. The Morgan fingerprint density at radius 1 is 1.09 bits per heavy atom. The van der Waals surface area contributed by atoms with E-state index in [4.69, 9.17) is 4.74 Å². The van der Waals surface area contributed by atoms with E-state index in [1.54, 1.807) is 13.2 Å².